The van der Waals surface area contributed by atoms with Crippen LogP contribution in [0, 0.1) is 0 Å². The summed E-state index contributed by atoms with van der Waals surface area (Å²) in [6, 6.07) is 9.65. The molecule has 25 heavy (non-hydrogen) atoms. The predicted molar refractivity (Wildman–Crippen MR) is 95.7 cm³/mol. The van der Waals surface area contributed by atoms with Crippen molar-refractivity contribution in [2.24, 2.45) is 0 Å². The SMILES string of the molecule is COP(=O)(CCCN1CCN(C(=O)OCc2ccccc2)CC1)OC. The lowest BCUT2D eigenvalue weighted by Gasteiger charge is -2.34. The Labute approximate surface area is 149 Å². The van der Waals surface area contributed by atoms with Crippen LogP contribution in [-0.2, 0) is 25.0 Å². The number of benzene rings is 1. The predicted octanol–water partition coefficient (Wildman–Crippen LogP) is 2.82. The van der Waals surface area contributed by atoms with Crippen molar-refractivity contribution in [2.45, 2.75) is 13.0 Å². The third kappa shape index (κ3) is 6.44. The van der Waals surface area contributed by atoms with Gasteiger partial charge in [-0.05, 0) is 18.5 Å². The minimum atomic E-state index is -2.93. The molecule has 2 rings (SSSR count). The Morgan fingerprint density at radius 3 is 2.32 bits per heavy atom. The van der Waals surface area contributed by atoms with Crippen LogP contribution in [0.25, 0.3) is 0 Å². The number of carbonyl (C=O) groups excluding carboxylic acids is 1. The normalized spacial score (nSPS) is 16.0. The molecule has 0 radical (unpaired) electrons. The van der Waals surface area contributed by atoms with Gasteiger partial charge >= 0.3 is 13.7 Å². The zero-order valence-corrected chi connectivity index (χ0v) is 15.8. The lowest BCUT2D eigenvalue weighted by Crippen LogP contribution is -2.49. The molecule has 8 heteroatoms. The molecular formula is C17H27N2O5P. The van der Waals surface area contributed by atoms with Crippen LogP contribution >= 0.6 is 7.60 Å². The molecule has 1 fully saturated rings. The van der Waals surface area contributed by atoms with Gasteiger partial charge in [-0.25, -0.2) is 4.79 Å². The van der Waals surface area contributed by atoms with Crippen LogP contribution in [-0.4, -0.2) is 69.0 Å². The maximum atomic E-state index is 12.1. The van der Waals surface area contributed by atoms with Gasteiger partial charge < -0.3 is 18.7 Å². The van der Waals surface area contributed by atoms with E-state index >= 15 is 0 Å². The van der Waals surface area contributed by atoms with Crippen LogP contribution in [0.5, 0.6) is 0 Å². The molecule has 1 saturated heterocycles. The second kappa shape index (κ2) is 9.92. The Bertz CT molecular complexity index is 568. The molecule has 0 aliphatic carbocycles. The molecule has 0 spiro atoms. The van der Waals surface area contributed by atoms with Crippen LogP contribution in [0.4, 0.5) is 4.79 Å². The van der Waals surface area contributed by atoms with Gasteiger partial charge in [0.05, 0.1) is 6.16 Å². The Kier molecular flexibility index (Phi) is 7.90. The molecule has 1 aliphatic heterocycles. The van der Waals surface area contributed by atoms with Crippen molar-refractivity contribution in [2.75, 3.05) is 53.1 Å². The summed E-state index contributed by atoms with van der Waals surface area (Å²) in [5, 5.41) is 0. The van der Waals surface area contributed by atoms with Crippen molar-refractivity contribution in [1.29, 1.82) is 0 Å². The summed E-state index contributed by atoms with van der Waals surface area (Å²) < 4.78 is 27.2. The van der Waals surface area contributed by atoms with Gasteiger partial charge in [0.25, 0.3) is 0 Å². The molecule has 0 N–H and O–H groups in total. The molecule has 1 aromatic carbocycles. The highest BCUT2D eigenvalue weighted by molar-refractivity contribution is 7.53. The fourth-order valence-corrected chi connectivity index (χ4v) is 3.75. The molecule has 0 aromatic heterocycles. The van der Waals surface area contributed by atoms with E-state index in [0.717, 1.165) is 31.6 Å². The van der Waals surface area contributed by atoms with Gasteiger partial charge in [-0.1, -0.05) is 30.3 Å². The van der Waals surface area contributed by atoms with E-state index in [4.69, 9.17) is 13.8 Å². The smallest absolute Gasteiger partial charge is 0.410 e. The summed E-state index contributed by atoms with van der Waals surface area (Å²) in [7, 11) is -0.112. The lowest BCUT2D eigenvalue weighted by molar-refractivity contribution is 0.0717. The van der Waals surface area contributed by atoms with Crippen molar-refractivity contribution in [1.82, 2.24) is 9.80 Å². The van der Waals surface area contributed by atoms with Gasteiger partial charge in [0.1, 0.15) is 6.61 Å². The fourth-order valence-electron chi connectivity index (χ4n) is 2.71. The zero-order valence-electron chi connectivity index (χ0n) is 14.9. The molecule has 0 bridgehead atoms. The summed E-state index contributed by atoms with van der Waals surface area (Å²) in [4.78, 5) is 16.1. The first-order chi connectivity index (χ1) is 12.1. The van der Waals surface area contributed by atoms with Crippen molar-refractivity contribution >= 4 is 13.7 Å². The zero-order chi connectivity index (χ0) is 18.1. The molecule has 1 amide bonds. The van der Waals surface area contributed by atoms with Gasteiger partial charge in [0.15, 0.2) is 0 Å². The van der Waals surface area contributed by atoms with Gasteiger partial charge in [-0.3, -0.25) is 9.46 Å². The molecule has 1 aromatic rings. The summed E-state index contributed by atoms with van der Waals surface area (Å²) in [5.41, 5.74) is 0.982. The van der Waals surface area contributed by atoms with Crippen LogP contribution in [0.3, 0.4) is 0 Å². The number of ether oxygens (including phenoxy) is 1. The van der Waals surface area contributed by atoms with Gasteiger partial charge in [0.2, 0.25) is 0 Å². The number of rotatable bonds is 8. The molecule has 0 unspecified atom stereocenters. The molecular weight excluding hydrogens is 343 g/mol. The number of nitrogens with zero attached hydrogens (tertiary/aromatic N) is 2. The average molecular weight is 370 g/mol. The first kappa shape index (κ1) is 19.9. The monoisotopic (exact) mass is 370 g/mol. The van der Waals surface area contributed by atoms with Crippen molar-refractivity contribution in [3.63, 3.8) is 0 Å². The summed E-state index contributed by atoms with van der Waals surface area (Å²) >= 11 is 0. The molecule has 7 nitrogen and oxygen atoms in total. The largest absolute Gasteiger partial charge is 0.445 e. The Morgan fingerprint density at radius 2 is 1.72 bits per heavy atom. The number of piperazine rings is 1. The number of hydrogen-bond acceptors (Lipinski definition) is 6. The van der Waals surface area contributed by atoms with E-state index in [2.05, 4.69) is 4.90 Å². The minimum Gasteiger partial charge on any atom is -0.445 e. The number of amides is 1. The summed E-state index contributed by atoms with van der Waals surface area (Å²) in [6.07, 6.45) is 0.864. The standard InChI is InChI=1S/C17H27N2O5P/c1-22-25(21,23-2)14-6-9-18-10-12-19(13-11-18)17(20)24-15-16-7-4-3-5-8-16/h3-5,7-8H,6,9-15H2,1-2H3. The second-order valence-corrected chi connectivity index (χ2v) is 8.32. The van der Waals surface area contributed by atoms with Crippen molar-refractivity contribution in [3.8, 4) is 0 Å². The number of hydrogen-bond donors (Lipinski definition) is 0. The van der Waals surface area contributed by atoms with Gasteiger partial charge in [0, 0.05) is 40.4 Å². The first-order valence-corrected chi connectivity index (χ1v) is 10.2. The lowest BCUT2D eigenvalue weighted by atomic mass is 10.2. The number of carbonyl (C=O) groups is 1. The first-order valence-electron chi connectivity index (χ1n) is 8.45. The Hall–Kier alpha value is -1.40. The maximum absolute atomic E-state index is 12.1. The van der Waals surface area contributed by atoms with E-state index in [1.807, 2.05) is 30.3 Å². The third-order valence-electron chi connectivity index (χ3n) is 4.30. The van der Waals surface area contributed by atoms with E-state index in [-0.39, 0.29) is 6.09 Å². The molecule has 0 saturated carbocycles. The summed E-state index contributed by atoms with van der Waals surface area (Å²) in [5.74, 6) is 0. The molecule has 1 heterocycles. The van der Waals surface area contributed by atoms with Gasteiger partial charge in [-0.2, -0.15) is 0 Å². The van der Waals surface area contributed by atoms with E-state index in [1.165, 1.54) is 14.2 Å². The van der Waals surface area contributed by atoms with E-state index in [0.29, 0.717) is 25.9 Å². The van der Waals surface area contributed by atoms with Crippen LogP contribution in [0.15, 0.2) is 30.3 Å². The third-order valence-corrected chi connectivity index (χ3v) is 6.27. The van der Waals surface area contributed by atoms with E-state index in [9.17, 15) is 9.36 Å². The maximum Gasteiger partial charge on any atom is 0.410 e. The second-order valence-electron chi connectivity index (χ2n) is 5.92. The fraction of sp³-hybridized carbons (Fsp3) is 0.588. The molecule has 140 valence electrons. The molecule has 0 atom stereocenters. The quantitative estimate of drug-likeness (QED) is 0.656. The van der Waals surface area contributed by atoms with Crippen molar-refractivity contribution < 1.29 is 23.1 Å². The highest BCUT2D eigenvalue weighted by Crippen LogP contribution is 2.46. The summed E-state index contributed by atoms with van der Waals surface area (Å²) in [6.45, 7) is 3.95. The Balaban J connectivity index is 1.65. The highest BCUT2D eigenvalue weighted by Gasteiger charge is 2.24. The highest BCUT2D eigenvalue weighted by atomic mass is 31.2. The topological polar surface area (TPSA) is 68.3 Å². The van der Waals surface area contributed by atoms with Gasteiger partial charge in [-0.15, -0.1) is 0 Å². The van der Waals surface area contributed by atoms with E-state index in [1.54, 1.807) is 4.90 Å². The Morgan fingerprint density at radius 1 is 1.08 bits per heavy atom. The minimum absolute atomic E-state index is 0.272. The van der Waals surface area contributed by atoms with E-state index < -0.39 is 7.60 Å². The van der Waals surface area contributed by atoms with Crippen LogP contribution in [0.2, 0.25) is 0 Å². The average Bonchev–Trinajstić information content (AvgIpc) is 2.67. The molecule has 1 aliphatic rings. The van der Waals surface area contributed by atoms with Crippen molar-refractivity contribution in [3.05, 3.63) is 35.9 Å². The van der Waals surface area contributed by atoms with Crippen LogP contribution < -0.4 is 0 Å². The van der Waals surface area contributed by atoms with Crippen LogP contribution in [0.1, 0.15) is 12.0 Å².